The first-order valence-electron chi connectivity index (χ1n) is 8.19. The van der Waals surface area contributed by atoms with Crippen molar-refractivity contribution in [3.63, 3.8) is 0 Å². The first-order valence-corrected chi connectivity index (χ1v) is 8.19. The van der Waals surface area contributed by atoms with Gasteiger partial charge in [0, 0.05) is 11.6 Å². The van der Waals surface area contributed by atoms with E-state index in [1.165, 1.54) is 14.2 Å². The number of nitrogens with zero attached hydrogens (tertiary/aromatic N) is 1. The normalized spacial score (nSPS) is 14.4. The summed E-state index contributed by atoms with van der Waals surface area (Å²) in [6, 6.07) is 11.6. The van der Waals surface area contributed by atoms with E-state index in [1.54, 1.807) is 48.5 Å². The molecule has 0 aliphatic carbocycles. The fourth-order valence-electron chi connectivity index (χ4n) is 2.43. The molecule has 0 atom stereocenters. The van der Waals surface area contributed by atoms with Crippen molar-refractivity contribution in [1.29, 1.82) is 0 Å². The highest BCUT2D eigenvalue weighted by Crippen LogP contribution is 2.26. The highest BCUT2D eigenvalue weighted by atomic mass is 16.6. The Morgan fingerprint density at radius 1 is 1.07 bits per heavy atom. The molecular formula is C20H17NO7. The Morgan fingerprint density at radius 3 is 2.29 bits per heavy atom. The molecule has 8 nitrogen and oxygen atoms in total. The second-order valence-corrected chi connectivity index (χ2v) is 5.69. The third-order valence-corrected chi connectivity index (χ3v) is 3.76. The SMILES string of the molecule is COc1cc(OC)cc(C2=N/C(=C/c3ccc(OCC(=O)O)cc3)C(=O)O2)c1. The molecule has 0 saturated carbocycles. The van der Waals surface area contributed by atoms with Crippen LogP contribution < -0.4 is 14.2 Å². The van der Waals surface area contributed by atoms with Gasteiger partial charge in [-0.05, 0) is 35.9 Å². The minimum Gasteiger partial charge on any atom is -0.497 e. The van der Waals surface area contributed by atoms with E-state index < -0.39 is 18.5 Å². The molecule has 0 fully saturated rings. The molecule has 1 aliphatic heterocycles. The summed E-state index contributed by atoms with van der Waals surface area (Å²) in [6.07, 6.45) is 1.56. The van der Waals surface area contributed by atoms with Crippen molar-refractivity contribution < 1.29 is 33.6 Å². The molecule has 2 aromatic rings. The van der Waals surface area contributed by atoms with Gasteiger partial charge in [0.25, 0.3) is 0 Å². The predicted molar refractivity (Wildman–Crippen MR) is 99.7 cm³/mol. The predicted octanol–water partition coefficient (Wildman–Crippen LogP) is 2.51. The number of hydrogen-bond acceptors (Lipinski definition) is 7. The van der Waals surface area contributed by atoms with E-state index in [4.69, 9.17) is 24.1 Å². The molecule has 2 aromatic carbocycles. The number of ether oxygens (including phenoxy) is 4. The third kappa shape index (κ3) is 4.47. The number of carboxylic acids is 1. The average Bonchev–Trinajstić information content (AvgIpc) is 3.07. The van der Waals surface area contributed by atoms with Crippen LogP contribution in [0.3, 0.4) is 0 Å². The molecule has 0 spiro atoms. The molecule has 0 radical (unpaired) electrons. The van der Waals surface area contributed by atoms with Crippen molar-refractivity contribution in [3.8, 4) is 17.2 Å². The van der Waals surface area contributed by atoms with Crippen molar-refractivity contribution in [2.45, 2.75) is 0 Å². The second-order valence-electron chi connectivity index (χ2n) is 5.69. The van der Waals surface area contributed by atoms with E-state index in [1.807, 2.05) is 0 Å². The zero-order chi connectivity index (χ0) is 20.1. The summed E-state index contributed by atoms with van der Waals surface area (Å²) in [5.74, 6) is 0.00459. The Balaban J connectivity index is 1.82. The molecule has 0 aromatic heterocycles. The zero-order valence-corrected chi connectivity index (χ0v) is 15.2. The van der Waals surface area contributed by atoms with Crippen LogP contribution in [0.2, 0.25) is 0 Å². The first-order chi connectivity index (χ1) is 13.5. The minimum absolute atomic E-state index is 0.135. The largest absolute Gasteiger partial charge is 0.497 e. The lowest BCUT2D eigenvalue weighted by molar-refractivity contribution is -0.139. The van der Waals surface area contributed by atoms with E-state index in [2.05, 4.69) is 4.99 Å². The van der Waals surface area contributed by atoms with Crippen LogP contribution in [-0.4, -0.2) is 43.8 Å². The van der Waals surface area contributed by atoms with Crippen molar-refractivity contribution in [1.82, 2.24) is 0 Å². The number of benzene rings is 2. The topological polar surface area (TPSA) is 104 Å². The molecule has 1 aliphatic rings. The summed E-state index contributed by atoms with van der Waals surface area (Å²) in [7, 11) is 3.05. The molecule has 8 heteroatoms. The van der Waals surface area contributed by atoms with Crippen LogP contribution in [0.15, 0.2) is 53.2 Å². The number of methoxy groups -OCH3 is 2. The first kappa shape index (κ1) is 19.0. The number of aliphatic imine (C=N–C) groups is 1. The van der Waals surface area contributed by atoms with Crippen LogP contribution in [0.25, 0.3) is 6.08 Å². The third-order valence-electron chi connectivity index (χ3n) is 3.76. The standard InChI is InChI=1S/C20H17NO7/c1-25-15-8-13(9-16(10-15)26-2)19-21-17(20(24)28-19)7-12-3-5-14(6-4-12)27-11-18(22)23/h3-10H,11H2,1-2H3,(H,22,23)/b17-7+. The maximum Gasteiger partial charge on any atom is 0.363 e. The van der Waals surface area contributed by atoms with Gasteiger partial charge in [0.15, 0.2) is 12.3 Å². The Bertz CT molecular complexity index is 939. The van der Waals surface area contributed by atoms with Gasteiger partial charge in [-0.2, -0.15) is 0 Å². The lowest BCUT2D eigenvalue weighted by Gasteiger charge is -2.07. The van der Waals surface area contributed by atoms with Gasteiger partial charge in [-0.15, -0.1) is 0 Å². The van der Waals surface area contributed by atoms with E-state index in [0.29, 0.717) is 28.4 Å². The summed E-state index contributed by atoms with van der Waals surface area (Å²) in [6.45, 7) is -0.426. The van der Waals surface area contributed by atoms with Crippen LogP contribution in [0.4, 0.5) is 0 Å². The van der Waals surface area contributed by atoms with Crippen molar-refractivity contribution in [3.05, 3.63) is 59.3 Å². The molecule has 0 saturated heterocycles. The highest BCUT2D eigenvalue weighted by molar-refractivity contribution is 6.13. The smallest absolute Gasteiger partial charge is 0.363 e. The number of carboxylic acid groups (broad SMARTS) is 1. The average molecular weight is 383 g/mol. The van der Waals surface area contributed by atoms with E-state index in [-0.39, 0.29) is 11.6 Å². The number of rotatable bonds is 7. The fraction of sp³-hybridized carbons (Fsp3) is 0.150. The Labute approximate surface area is 160 Å². The molecular weight excluding hydrogens is 366 g/mol. The number of hydrogen-bond donors (Lipinski definition) is 1. The maximum absolute atomic E-state index is 12.2. The summed E-state index contributed by atoms with van der Waals surface area (Å²) in [4.78, 5) is 26.9. The van der Waals surface area contributed by atoms with Crippen molar-refractivity contribution in [2.75, 3.05) is 20.8 Å². The fourth-order valence-corrected chi connectivity index (χ4v) is 2.43. The van der Waals surface area contributed by atoms with Crippen molar-refractivity contribution >= 4 is 23.9 Å². The molecule has 28 heavy (non-hydrogen) atoms. The number of carbonyl (C=O) groups excluding carboxylic acids is 1. The molecule has 1 N–H and O–H groups in total. The number of cyclic esters (lactones) is 1. The minimum atomic E-state index is -1.06. The highest BCUT2D eigenvalue weighted by Gasteiger charge is 2.25. The van der Waals surface area contributed by atoms with Gasteiger partial charge in [0.2, 0.25) is 5.90 Å². The van der Waals surface area contributed by atoms with E-state index in [9.17, 15) is 9.59 Å². The van der Waals surface area contributed by atoms with Gasteiger partial charge in [0.1, 0.15) is 17.2 Å². The van der Waals surface area contributed by atoms with Gasteiger partial charge in [-0.25, -0.2) is 14.6 Å². The monoisotopic (exact) mass is 383 g/mol. The molecule has 0 amide bonds. The number of aliphatic carboxylic acids is 1. The zero-order valence-electron chi connectivity index (χ0n) is 15.2. The lowest BCUT2D eigenvalue weighted by atomic mass is 10.2. The van der Waals surface area contributed by atoms with E-state index >= 15 is 0 Å². The summed E-state index contributed by atoms with van der Waals surface area (Å²) in [5.41, 5.74) is 1.37. The van der Waals surface area contributed by atoms with Crippen LogP contribution in [-0.2, 0) is 14.3 Å². The van der Waals surface area contributed by atoms with Crippen molar-refractivity contribution in [2.24, 2.45) is 4.99 Å². The Morgan fingerprint density at radius 2 is 1.71 bits per heavy atom. The number of esters is 1. The molecule has 3 rings (SSSR count). The summed E-state index contributed by atoms with van der Waals surface area (Å²) in [5, 5.41) is 8.62. The quantitative estimate of drug-likeness (QED) is 0.579. The van der Waals surface area contributed by atoms with Gasteiger partial charge in [0.05, 0.1) is 14.2 Å². The Kier molecular flexibility index (Phi) is 5.59. The van der Waals surface area contributed by atoms with Gasteiger partial charge in [-0.3, -0.25) is 0 Å². The molecule has 144 valence electrons. The van der Waals surface area contributed by atoms with Crippen LogP contribution in [0.5, 0.6) is 17.2 Å². The number of carbonyl (C=O) groups is 2. The van der Waals surface area contributed by atoms with Gasteiger partial charge in [-0.1, -0.05) is 12.1 Å². The second kappa shape index (κ2) is 8.26. The summed E-state index contributed by atoms with van der Waals surface area (Å²) < 4.78 is 20.8. The van der Waals surface area contributed by atoms with E-state index in [0.717, 1.165) is 0 Å². The van der Waals surface area contributed by atoms with Crippen LogP contribution in [0, 0.1) is 0 Å². The maximum atomic E-state index is 12.2. The van der Waals surface area contributed by atoms with Gasteiger partial charge < -0.3 is 24.1 Å². The van der Waals surface area contributed by atoms with Crippen LogP contribution >= 0.6 is 0 Å². The lowest BCUT2D eigenvalue weighted by Crippen LogP contribution is -2.09. The summed E-state index contributed by atoms with van der Waals surface area (Å²) >= 11 is 0. The van der Waals surface area contributed by atoms with Gasteiger partial charge >= 0.3 is 11.9 Å². The molecule has 0 bridgehead atoms. The van der Waals surface area contributed by atoms with Crippen LogP contribution in [0.1, 0.15) is 11.1 Å². The Hall–Kier alpha value is -3.81. The molecule has 0 unspecified atom stereocenters. The molecule has 1 heterocycles.